The van der Waals surface area contributed by atoms with E-state index in [2.05, 4.69) is 26.1 Å². The van der Waals surface area contributed by atoms with Gasteiger partial charge in [0.2, 0.25) is 0 Å². The number of hydrogen-bond acceptors (Lipinski definition) is 2. The molecule has 0 aliphatic carbocycles. The molecule has 1 aliphatic heterocycles. The Labute approximate surface area is 101 Å². The maximum Gasteiger partial charge on any atom is 0.0576 e. The number of ether oxygens (including phenoxy) is 1. The van der Waals surface area contributed by atoms with Gasteiger partial charge in [-0.2, -0.15) is 0 Å². The van der Waals surface area contributed by atoms with Gasteiger partial charge < -0.3 is 10.1 Å². The summed E-state index contributed by atoms with van der Waals surface area (Å²) >= 11 is 0. The van der Waals surface area contributed by atoms with Gasteiger partial charge in [-0.3, -0.25) is 0 Å². The van der Waals surface area contributed by atoms with Gasteiger partial charge in [0.05, 0.1) is 6.10 Å². The van der Waals surface area contributed by atoms with Gasteiger partial charge in [-0.1, -0.05) is 26.7 Å². The zero-order valence-electron chi connectivity index (χ0n) is 11.3. The van der Waals surface area contributed by atoms with Crippen molar-refractivity contribution in [2.45, 2.75) is 71.4 Å². The zero-order valence-corrected chi connectivity index (χ0v) is 11.3. The van der Waals surface area contributed by atoms with Crippen molar-refractivity contribution in [1.82, 2.24) is 5.32 Å². The number of rotatable bonds is 8. The van der Waals surface area contributed by atoms with Crippen molar-refractivity contribution in [3.63, 3.8) is 0 Å². The molecule has 16 heavy (non-hydrogen) atoms. The highest BCUT2D eigenvalue weighted by atomic mass is 16.5. The molecular formula is C14H29NO. The second-order valence-corrected chi connectivity index (χ2v) is 5.20. The smallest absolute Gasteiger partial charge is 0.0576 e. The summed E-state index contributed by atoms with van der Waals surface area (Å²) in [5, 5.41) is 3.65. The summed E-state index contributed by atoms with van der Waals surface area (Å²) in [6.45, 7) is 9.04. The first-order valence-corrected chi connectivity index (χ1v) is 7.11. The van der Waals surface area contributed by atoms with E-state index in [0.29, 0.717) is 12.1 Å². The van der Waals surface area contributed by atoms with Crippen molar-refractivity contribution in [2.75, 3.05) is 13.2 Å². The van der Waals surface area contributed by atoms with Gasteiger partial charge in [0.1, 0.15) is 0 Å². The summed E-state index contributed by atoms with van der Waals surface area (Å²) in [5.74, 6) is 0.852. The third kappa shape index (κ3) is 5.31. The van der Waals surface area contributed by atoms with E-state index in [4.69, 9.17) is 4.74 Å². The third-order valence-electron chi connectivity index (χ3n) is 3.86. The quantitative estimate of drug-likeness (QED) is 0.686. The van der Waals surface area contributed by atoms with Crippen LogP contribution in [0, 0.1) is 5.92 Å². The van der Waals surface area contributed by atoms with Gasteiger partial charge in [-0.25, -0.2) is 0 Å². The Bertz CT molecular complexity index is 156. The fourth-order valence-electron chi connectivity index (χ4n) is 2.36. The Morgan fingerprint density at radius 1 is 1.31 bits per heavy atom. The molecule has 0 radical (unpaired) electrons. The first-order chi connectivity index (χ1) is 7.76. The van der Waals surface area contributed by atoms with E-state index in [1.807, 2.05) is 0 Å². The lowest BCUT2D eigenvalue weighted by atomic mass is 10.0. The predicted octanol–water partition coefficient (Wildman–Crippen LogP) is 3.36. The molecule has 2 nitrogen and oxygen atoms in total. The van der Waals surface area contributed by atoms with Crippen LogP contribution in [0.4, 0.5) is 0 Å². The highest BCUT2D eigenvalue weighted by molar-refractivity contribution is 4.70. The Morgan fingerprint density at radius 2 is 2.06 bits per heavy atom. The molecule has 96 valence electrons. The second-order valence-electron chi connectivity index (χ2n) is 5.20. The van der Waals surface area contributed by atoms with Gasteiger partial charge in [0.25, 0.3) is 0 Å². The molecule has 0 amide bonds. The monoisotopic (exact) mass is 227 g/mol. The van der Waals surface area contributed by atoms with Crippen LogP contribution in [0.3, 0.4) is 0 Å². The van der Waals surface area contributed by atoms with Gasteiger partial charge in [0, 0.05) is 12.6 Å². The maximum absolute atomic E-state index is 5.64. The van der Waals surface area contributed by atoms with Crippen LogP contribution in [0.1, 0.15) is 59.3 Å². The maximum atomic E-state index is 5.64. The topological polar surface area (TPSA) is 21.3 Å². The minimum Gasteiger partial charge on any atom is -0.378 e. The molecule has 0 aromatic carbocycles. The molecule has 1 fully saturated rings. The number of nitrogens with one attached hydrogen (secondary N) is 1. The SMILES string of the molecule is CCC(CC)CNC(C)CCC1CCCO1. The molecule has 1 aliphatic rings. The molecule has 1 saturated heterocycles. The van der Waals surface area contributed by atoms with Gasteiger partial charge in [-0.15, -0.1) is 0 Å². The van der Waals surface area contributed by atoms with Crippen LogP contribution in [0.2, 0.25) is 0 Å². The van der Waals surface area contributed by atoms with Crippen LogP contribution in [0.25, 0.3) is 0 Å². The summed E-state index contributed by atoms with van der Waals surface area (Å²) in [6, 6.07) is 0.643. The van der Waals surface area contributed by atoms with E-state index < -0.39 is 0 Å². The van der Waals surface area contributed by atoms with Crippen molar-refractivity contribution in [1.29, 1.82) is 0 Å². The minimum atomic E-state index is 0.553. The molecule has 2 atom stereocenters. The summed E-state index contributed by atoms with van der Waals surface area (Å²) in [4.78, 5) is 0. The summed E-state index contributed by atoms with van der Waals surface area (Å²) < 4.78 is 5.64. The van der Waals surface area contributed by atoms with Crippen molar-refractivity contribution in [3.05, 3.63) is 0 Å². The molecular weight excluding hydrogens is 198 g/mol. The fraction of sp³-hybridized carbons (Fsp3) is 1.00. The predicted molar refractivity (Wildman–Crippen MR) is 69.7 cm³/mol. The van der Waals surface area contributed by atoms with Gasteiger partial charge in [-0.05, 0) is 45.1 Å². The number of hydrogen-bond donors (Lipinski definition) is 1. The van der Waals surface area contributed by atoms with Crippen LogP contribution in [-0.4, -0.2) is 25.3 Å². The highest BCUT2D eigenvalue weighted by Crippen LogP contribution is 2.17. The van der Waals surface area contributed by atoms with Crippen LogP contribution in [0.15, 0.2) is 0 Å². The van der Waals surface area contributed by atoms with Crippen molar-refractivity contribution in [3.8, 4) is 0 Å². The van der Waals surface area contributed by atoms with E-state index in [1.165, 1.54) is 45.1 Å². The van der Waals surface area contributed by atoms with E-state index in [-0.39, 0.29) is 0 Å². The molecule has 0 saturated carbocycles. The molecule has 0 bridgehead atoms. The molecule has 0 aromatic heterocycles. The lowest BCUT2D eigenvalue weighted by Crippen LogP contribution is -2.31. The summed E-state index contributed by atoms with van der Waals surface area (Å²) in [5.41, 5.74) is 0. The largest absolute Gasteiger partial charge is 0.378 e. The molecule has 1 rings (SSSR count). The van der Waals surface area contributed by atoms with Crippen molar-refractivity contribution >= 4 is 0 Å². The standard InChI is InChI=1S/C14H29NO/c1-4-13(5-2)11-15-12(3)8-9-14-7-6-10-16-14/h12-15H,4-11H2,1-3H3. The molecule has 0 aromatic rings. The average molecular weight is 227 g/mol. The second kappa shape index (κ2) is 8.08. The van der Waals surface area contributed by atoms with Gasteiger partial charge in [0.15, 0.2) is 0 Å². The van der Waals surface area contributed by atoms with Gasteiger partial charge >= 0.3 is 0 Å². The molecule has 1 N–H and O–H groups in total. The summed E-state index contributed by atoms with van der Waals surface area (Å²) in [6.07, 6.45) is 8.17. The van der Waals surface area contributed by atoms with Crippen LogP contribution < -0.4 is 5.32 Å². The first kappa shape index (κ1) is 14.0. The highest BCUT2D eigenvalue weighted by Gasteiger charge is 2.16. The van der Waals surface area contributed by atoms with E-state index in [9.17, 15) is 0 Å². The fourth-order valence-corrected chi connectivity index (χ4v) is 2.36. The van der Waals surface area contributed by atoms with Crippen LogP contribution in [0.5, 0.6) is 0 Å². The summed E-state index contributed by atoms with van der Waals surface area (Å²) in [7, 11) is 0. The lowest BCUT2D eigenvalue weighted by Gasteiger charge is -2.19. The van der Waals surface area contributed by atoms with E-state index >= 15 is 0 Å². The molecule has 2 heteroatoms. The van der Waals surface area contributed by atoms with Crippen LogP contribution in [-0.2, 0) is 4.74 Å². The molecule has 1 heterocycles. The minimum absolute atomic E-state index is 0.553. The third-order valence-corrected chi connectivity index (χ3v) is 3.86. The van der Waals surface area contributed by atoms with E-state index in [0.717, 1.165) is 12.5 Å². The normalized spacial score (nSPS) is 22.9. The molecule has 2 unspecified atom stereocenters. The Balaban J connectivity index is 2.03. The first-order valence-electron chi connectivity index (χ1n) is 7.11. The van der Waals surface area contributed by atoms with Crippen molar-refractivity contribution in [2.24, 2.45) is 5.92 Å². The Hall–Kier alpha value is -0.0800. The van der Waals surface area contributed by atoms with E-state index in [1.54, 1.807) is 0 Å². The zero-order chi connectivity index (χ0) is 11.8. The Morgan fingerprint density at radius 3 is 2.62 bits per heavy atom. The van der Waals surface area contributed by atoms with Crippen LogP contribution >= 0.6 is 0 Å². The van der Waals surface area contributed by atoms with Crippen molar-refractivity contribution < 1.29 is 4.74 Å². The Kier molecular flexibility index (Phi) is 7.06. The molecule has 0 spiro atoms. The lowest BCUT2D eigenvalue weighted by molar-refractivity contribution is 0.0999. The average Bonchev–Trinajstić information content (AvgIpc) is 2.80.